The molecule has 1 fully saturated rings. The molecule has 0 aliphatic carbocycles. The summed E-state index contributed by atoms with van der Waals surface area (Å²) >= 11 is 0. The second-order valence-corrected chi connectivity index (χ2v) is 6.52. The molecular formula is C20H20N4O2. The molecule has 6 heteroatoms. The molecule has 0 radical (unpaired) electrons. The van der Waals surface area contributed by atoms with Crippen molar-refractivity contribution in [3.63, 3.8) is 0 Å². The minimum absolute atomic E-state index is 0.117. The highest BCUT2D eigenvalue weighted by Gasteiger charge is 2.26. The van der Waals surface area contributed by atoms with Crippen LogP contribution >= 0.6 is 0 Å². The Labute approximate surface area is 150 Å². The minimum atomic E-state index is -0.282. The summed E-state index contributed by atoms with van der Waals surface area (Å²) in [6, 6.07) is 15.7. The van der Waals surface area contributed by atoms with Crippen molar-refractivity contribution in [2.45, 2.75) is 12.5 Å². The number of aromatic amines is 1. The van der Waals surface area contributed by atoms with E-state index in [1.807, 2.05) is 23.1 Å². The molecule has 2 N–H and O–H groups in total. The first-order valence-electron chi connectivity index (χ1n) is 8.75. The van der Waals surface area contributed by atoms with Gasteiger partial charge in [-0.15, -0.1) is 0 Å². The monoisotopic (exact) mass is 348 g/mol. The maximum atomic E-state index is 13.1. The van der Waals surface area contributed by atoms with Crippen LogP contribution in [0.1, 0.15) is 15.9 Å². The molecule has 0 spiro atoms. The number of benzene rings is 2. The van der Waals surface area contributed by atoms with Crippen LogP contribution in [-0.4, -0.2) is 46.5 Å². The van der Waals surface area contributed by atoms with E-state index in [1.54, 1.807) is 18.2 Å². The van der Waals surface area contributed by atoms with E-state index >= 15 is 0 Å². The molecule has 4 rings (SSSR count). The first-order chi connectivity index (χ1) is 12.7. The number of H-pyrrole nitrogens is 1. The molecule has 1 atom stereocenters. The second kappa shape index (κ2) is 7.09. The predicted molar refractivity (Wildman–Crippen MR) is 100 cm³/mol. The number of aromatic nitrogens is 2. The van der Waals surface area contributed by atoms with E-state index in [0.29, 0.717) is 29.6 Å². The number of nitrogens with zero attached hydrogens (tertiary/aromatic N) is 2. The van der Waals surface area contributed by atoms with E-state index in [2.05, 4.69) is 27.4 Å². The van der Waals surface area contributed by atoms with Crippen molar-refractivity contribution in [1.29, 1.82) is 0 Å². The van der Waals surface area contributed by atoms with Crippen LogP contribution in [0, 0.1) is 0 Å². The van der Waals surface area contributed by atoms with Gasteiger partial charge in [-0.05, 0) is 24.1 Å². The van der Waals surface area contributed by atoms with Gasteiger partial charge in [0.1, 0.15) is 0 Å². The van der Waals surface area contributed by atoms with Crippen LogP contribution in [0.15, 0.2) is 59.7 Å². The van der Waals surface area contributed by atoms with E-state index in [0.717, 1.165) is 13.0 Å². The number of fused-ring (bicyclic) bond motifs is 1. The average molecular weight is 348 g/mol. The van der Waals surface area contributed by atoms with Gasteiger partial charge in [0.05, 0.1) is 22.8 Å². The third-order valence-electron chi connectivity index (χ3n) is 4.77. The standard InChI is InChI=1S/C20H20N4O2/c25-19-18-16(7-4-8-17(18)22-13-23-19)20(26)24-10-9-21-15(12-24)11-14-5-2-1-3-6-14/h1-8,13,15,21H,9-12H2,(H,22,23,25). The van der Waals surface area contributed by atoms with Crippen LogP contribution in [-0.2, 0) is 6.42 Å². The zero-order valence-electron chi connectivity index (χ0n) is 14.3. The van der Waals surface area contributed by atoms with E-state index in [1.165, 1.54) is 11.9 Å². The first kappa shape index (κ1) is 16.5. The highest BCUT2D eigenvalue weighted by Crippen LogP contribution is 2.16. The van der Waals surface area contributed by atoms with Crippen molar-refractivity contribution >= 4 is 16.8 Å². The minimum Gasteiger partial charge on any atom is -0.336 e. The van der Waals surface area contributed by atoms with Crippen LogP contribution in [0.3, 0.4) is 0 Å². The average Bonchev–Trinajstić information content (AvgIpc) is 2.68. The lowest BCUT2D eigenvalue weighted by atomic mass is 10.0. The molecule has 2 heterocycles. The molecule has 132 valence electrons. The Kier molecular flexibility index (Phi) is 4.50. The largest absolute Gasteiger partial charge is 0.336 e. The van der Waals surface area contributed by atoms with Gasteiger partial charge in [-0.25, -0.2) is 4.98 Å². The molecule has 3 aromatic rings. The number of nitrogens with one attached hydrogen (secondary N) is 2. The quantitative estimate of drug-likeness (QED) is 0.753. The van der Waals surface area contributed by atoms with Crippen molar-refractivity contribution in [3.05, 3.63) is 76.3 Å². The van der Waals surface area contributed by atoms with E-state index < -0.39 is 0 Å². The highest BCUT2D eigenvalue weighted by atomic mass is 16.2. The van der Waals surface area contributed by atoms with Crippen LogP contribution in [0.25, 0.3) is 10.9 Å². The third-order valence-corrected chi connectivity index (χ3v) is 4.77. The van der Waals surface area contributed by atoms with E-state index in [4.69, 9.17) is 0 Å². The van der Waals surface area contributed by atoms with Gasteiger partial charge in [0.2, 0.25) is 0 Å². The summed E-state index contributed by atoms with van der Waals surface area (Å²) in [5.41, 5.74) is 1.91. The number of hydrogen-bond acceptors (Lipinski definition) is 4. The Balaban J connectivity index is 1.58. The fourth-order valence-corrected chi connectivity index (χ4v) is 3.51. The van der Waals surface area contributed by atoms with Crippen LogP contribution < -0.4 is 10.9 Å². The van der Waals surface area contributed by atoms with Crippen molar-refractivity contribution in [1.82, 2.24) is 20.2 Å². The van der Waals surface area contributed by atoms with Crippen LogP contribution in [0.4, 0.5) is 0 Å². The van der Waals surface area contributed by atoms with Gasteiger partial charge in [-0.1, -0.05) is 36.4 Å². The Morgan fingerprint density at radius 1 is 1.15 bits per heavy atom. The number of piperazine rings is 1. The van der Waals surface area contributed by atoms with Crippen LogP contribution in [0.2, 0.25) is 0 Å². The van der Waals surface area contributed by atoms with E-state index in [9.17, 15) is 9.59 Å². The van der Waals surface area contributed by atoms with Gasteiger partial charge in [0, 0.05) is 25.7 Å². The normalized spacial score (nSPS) is 17.4. The highest BCUT2D eigenvalue weighted by molar-refractivity contribution is 6.05. The van der Waals surface area contributed by atoms with Crippen molar-refractivity contribution < 1.29 is 4.79 Å². The number of rotatable bonds is 3. The number of carbonyl (C=O) groups is 1. The zero-order chi connectivity index (χ0) is 17.9. The maximum Gasteiger partial charge on any atom is 0.259 e. The smallest absolute Gasteiger partial charge is 0.259 e. The SMILES string of the molecule is O=C(c1cccc2nc[nH]c(=O)c12)N1CCNC(Cc2ccccc2)C1. The lowest BCUT2D eigenvalue weighted by molar-refractivity contribution is 0.0705. The fourth-order valence-electron chi connectivity index (χ4n) is 3.51. The van der Waals surface area contributed by atoms with Gasteiger partial charge in [0.25, 0.3) is 11.5 Å². The molecule has 6 nitrogen and oxygen atoms in total. The number of amides is 1. The summed E-state index contributed by atoms with van der Waals surface area (Å²) in [6.07, 6.45) is 2.22. The summed E-state index contributed by atoms with van der Waals surface area (Å²) in [7, 11) is 0. The van der Waals surface area contributed by atoms with Gasteiger partial charge < -0.3 is 15.2 Å². The van der Waals surface area contributed by atoms with Gasteiger partial charge in [0.15, 0.2) is 0 Å². The molecule has 1 saturated heterocycles. The Morgan fingerprint density at radius 2 is 2.00 bits per heavy atom. The second-order valence-electron chi connectivity index (χ2n) is 6.52. The molecule has 2 aromatic carbocycles. The Bertz CT molecular complexity index is 979. The number of carbonyl (C=O) groups excluding carboxylic acids is 1. The van der Waals surface area contributed by atoms with Crippen molar-refractivity contribution in [2.75, 3.05) is 19.6 Å². The van der Waals surface area contributed by atoms with Gasteiger partial charge in [-0.3, -0.25) is 9.59 Å². The van der Waals surface area contributed by atoms with Crippen molar-refractivity contribution in [3.8, 4) is 0 Å². The molecule has 26 heavy (non-hydrogen) atoms. The molecule has 0 bridgehead atoms. The molecule has 1 unspecified atom stereocenters. The summed E-state index contributed by atoms with van der Waals surface area (Å²) in [4.78, 5) is 33.8. The maximum absolute atomic E-state index is 13.1. The molecule has 1 aliphatic heterocycles. The predicted octanol–water partition coefficient (Wildman–Crippen LogP) is 1.58. The molecule has 1 aliphatic rings. The summed E-state index contributed by atoms with van der Waals surface area (Å²) in [5, 5.41) is 3.84. The Morgan fingerprint density at radius 3 is 2.85 bits per heavy atom. The topological polar surface area (TPSA) is 78.1 Å². The molecule has 1 aromatic heterocycles. The first-order valence-corrected chi connectivity index (χ1v) is 8.75. The zero-order valence-corrected chi connectivity index (χ0v) is 14.3. The summed E-state index contributed by atoms with van der Waals surface area (Å²) < 4.78 is 0. The molecular weight excluding hydrogens is 328 g/mol. The van der Waals surface area contributed by atoms with Gasteiger partial charge >= 0.3 is 0 Å². The van der Waals surface area contributed by atoms with Gasteiger partial charge in [-0.2, -0.15) is 0 Å². The molecule has 0 saturated carbocycles. The number of hydrogen-bond donors (Lipinski definition) is 2. The van der Waals surface area contributed by atoms with Crippen molar-refractivity contribution in [2.24, 2.45) is 0 Å². The van der Waals surface area contributed by atoms with E-state index in [-0.39, 0.29) is 17.5 Å². The Hall–Kier alpha value is -2.99. The van der Waals surface area contributed by atoms with Crippen LogP contribution in [0.5, 0.6) is 0 Å². The fraction of sp³-hybridized carbons (Fsp3) is 0.250. The summed E-state index contributed by atoms with van der Waals surface area (Å²) in [6.45, 7) is 1.98. The molecule has 1 amide bonds. The summed E-state index contributed by atoms with van der Waals surface area (Å²) in [5.74, 6) is -0.117. The lowest BCUT2D eigenvalue weighted by Gasteiger charge is -2.34. The third kappa shape index (κ3) is 3.23. The lowest BCUT2D eigenvalue weighted by Crippen LogP contribution is -2.53.